The predicted molar refractivity (Wildman–Crippen MR) is 111 cm³/mol. The number of hydrogen-bond donors (Lipinski definition) is 1. The van der Waals surface area contributed by atoms with Gasteiger partial charge in [0.25, 0.3) is 10.0 Å². The summed E-state index contributed by atoms with van der Waals surface area (Å²) in [6, 6.07) is 11.6. The largest absolute Gasteiger partial charge is 0.497 e. The average molecular weight is 461 g/mol. The topological polar surface area (TPSA) is 90.9 Å². The summed E-state index contributed by atoms with van der Waals surface area (Å²) in [6.07, 6.45) is 0. The molecule has 10 heteroatoms. The van der Waals surface area contributed by atoms with Gasteiger partial charge in [-0.25, -0.2) is 22.0 Å². The Hall–Kier alpha value is -3.66. The van der Waals surface area contributed by atoms with Crippen molar-refractivity contribution in [3.63, 3.8) is 0 Å². The lowest BCUT2D eigenvalue weighted by atomic mass is 10.0. The minimum atomic E-state index is -4.38. The number of esters is 1. The molecule has 1 N–H and O–H groups in total. The Morgan fingerprint density at radius 1 is 0.938 bits per heavy atom. The van der Waals surface area contributed by atoms with E-state index in [1.165, 1.54) is 13.2 Å². The van der Waals surface area contributed by atoms with Gasteiger partial charge in [-0.1, -0.05) is 18.2 Å². The van der Waals surface area contributed by atoms with Crippen LogP contribution in [0, 0.1) is 11.6 Å². The second kappa shape index (κ2) is 8.46. The summed E-state index contributed by atoms with van der Waals surface area (Å²) in [5.41, 5.74) is -0.356. The van der Waals surface area contributed by atoms with Crippen molar-refractivity contribution in [3.05, 3.63) is 71.8 Å². The molecule has 4 rings (SSSR count). The Morgan fingerprint density at radius 2 is 1.69 bits per heavy atom. The molecule has 7 nitrogen and oxygen atoms in total. The van der Waals surface area contributed by atoms with Crippen LogP contribution in [0.5, 0.6) is 11.5 Å². The molecular formula is C22H17F2NO6S. The lowest BCUT2D eigenvalue weighted by Crippen LogP contribution is -2.16. The Kier molecular flexibility index (Phi) is 5.70. The number of ether oxygens (including phenoxy) is 3. The van der Waals surface area contributed by atoms with Gasteiger partial charge in [-0.15, -0.1) is 0 Å². The van der Waals surface area contributed by atoms with Crippen LogP contribution >= 0.6 is 0 Å². The lowest BCUT2D eigenvalue weighted by Gasteiger charge is -2.14. The van der Waals surface area contributed by atoms with Gasteiger partial charge in [0, 0.05) is 23.3 Å². The molecule has 1 aliphatic heterocycles. The summed E-state index contributed by atoms with van der Waals surface area (Å²) in [7, 11) is -3.08. The number of nitrogens with one attached hydrogen (secondary N) is 1. The van der Waals surface area contributed by atoms with E-state index in [0.29, 0.717) is 6.07 Å². The molecule has 0 atom stereocenters. The van der Waals surface area contributed by atoms with Gasteiger partial charge in [-0.2, -0.15) is 0 Å². The van der Waals surface area contributed by atoms with E-state index in [-0.39, 0.29) is 46.3 Å². The number of carbonyl (C=O) groups excluding carboxylic acids is 1. The van der Waals surface area contributed by atoms with Crippen LogP contribution in [0.25, 0.3) is 11.1 Å². The third kappa shape index (κ3) is 4.22. The molecule has 32 heavy (non-hydrogen) atoms. The highest BCUT2D eigenvalue weighted by Crippen LogP contribution is 2.35. The van der Waals surface area contributed by atoms with Gasteiger partial charge in [0.05, 0.1) is 23.3 Å². The van der Waals surface area contributed by atoms with Gasteiger partial charge in [0.15, 0.2) is 0 Å². The number of fused-ring (bicyclic) bond motifs is 6. The molecule has 3 aromatic carbocycles. The van der Waals surface area contributed by atoms with Crippen molar-refractivity contribution in [3.8, 4) is 22.6 Å². The summed E-state index contributed by atoms with van der Waals surface area (Å²) < 4.78 is 73.1. The van der Waals surface area contributed by atoms with E-state index in [0.717, 1.165) is 18.2 Å². The molecule has 0 aliphatic carbocycles. The predicted octanol–water partition coefficient (Wildman–Crippen LogP) is 3.99. The van der Waals surface area contributed by atoms with Crippen molar-refractivity contribution < 1.29 is 36.2 Å². The average Bonchev–Trinajstić information content (AvgIpc) is 2.78. The summed E-state index contributed by atoms with van der Waals surface area (Å²) >= 11 is 0. The van der Waals surface area contributed by atoms with Crippen LogP contribution in [0.3, 0.4) is 0 Å². The van der Waals surface area contributed by atoms with E-state index >= 15 is 0 Å². The molecular weight excluding hydrogens is 444 g/mol. The SMILES string of the molecule is COc1cc2cc(c1)S(=O)(=O)Nc1cc(c(F)cc1F)-c1ccccc1OCCOC2=O. The van der Waals surface area contributed by atoms with Gasteiger partial charge in [0.2, 0.25) is 0 Å². The van der Waals surface area contributed by atoms with Crippen molar-refractivity contribution in [2.75, 3.05) is 25.0 Å². The molecule has 166 valence electrons. The zero-order chi connectivity index (χ0) is 22.9. The van der Waals surface area contributed by atoms with Gasteiger partial charge in [0.1, 0.15) is 36.3 Å². The fourth-order valence-electron chi connectivity index (χ4n) is 3.18. The fraction of sp³-hybridized carbons (Fsp3) is 0.136. The smallest absolute Gasteiger partial charge is 0.338 e. The molecule has 3 aromatic rings. The number of para-hydroxylation sites is 1. The number of cyclic esters (lactones) is 1. The van der Waals surface area contributed by atoms with E-state index in [2.05, 4.69) is 4.72 Å². The summed E-state index contributed by atoms with van der Waals surface area (Å²) in [4.78, 5) is 12.1. The van der Waals surface area contributed by atoms with E-state index in [1.54, 1.807) is 24.3 Å². The fourth-order valence-corrected chi connectivity index (χ4v) is 4.30. The van der Waals surface area contributed by atoms with E-state index in [1.807, 2.05) is 0 Å². The first kappa shape index (κ1) is 21.6. The summed E-state index contributed by atoms with van der Waals surface area (Å²) in [5, 5.41) is 0. The van der Waals surface area contributed by atoms with E-state index < -0.39 is 33.3 Å². The third-order valence-corrected chi connectivity index (χ3v) is 6.06. The molecule has 0 saturated carbocycles. The second-order valence-electron chi connectivity index (χ2n) is 6.80. The highest BCUT2D eigenvalue weighted by Gasteiger charge is 2.23. The molecule has 0 aromatic heterocycles. The van der Waals surface area contributed by atoms with Crippen molar-refractivity contribution in [1.82, 2.24) is 0 Å². The molecule has 1 aliphatic rings. The molecule has 0 amide bonds. The van der Waals surface area contributed by atoms with Gasteiger partial charge < -0.3 is 14.2 Å². The number of sulfonamides is 1. The lowest BCUT2D eigenvalue weighted by molar-refractivity contribution is 0.0450. The normalized spacial score (nSPS) is 15.2. The molecule has 0 radical (unpaired) electrons. The Bertz CT molecular complexity index is 1310. The second-order valence-corrected chi connectivity index (χ2v) is 8.48. The Morgan fingerprint density at radius 3 is 2.47 bits per heavy atom. The maximum atomic E-state index is 14.6. The first-order valence-corrected chi connectivity index (χ1v) is 10.9. The Balaban J connectivity index is 1.90. The minimum absolute atomic E-state index is 0.0498. The van der Waals surface area contributed by atoms with Crippen LogP contribution in [0.1, 0.15) is 10.4 Å². The number of carbonyl (C=O) groups is 1. The first-order valence-electron chi connectivity index (χ1n) is 9.39. The monoisotopic (exact) mass is 461 g/mol. The summed E-state index contributed by atoms with van der Waals surface area (Å²) in [6.45, 7) is -0.201. The highest BCUT2D eigenvalue weighted by molar-refractivity contribution is 7.92. The zero-order valence-electron chi connectivity index (χ0n) is 16.7. The molecule has 0 spiro atoms. The van der Waals surface area contributed by atoms with Crippen LogP contribution in [-0.2, 0) is 14.8 Å². The van der Waals surface area contributed by atoms with Gasteiger partial charge in [-0.3, -0.25) is 4.72 Å². The van der Waals surface area contributed by atoms with Gasteiger partial charge in [-0.05, 0) is 24.3 Å². The quantitative estimate of drug-likeness (QED) is 0.551. The molecule has 1 heterocycles. The zero-order valence-corrected chi connectivity index (χ0v) is 17.5. The van der Waals surface area contributed by atoms with Crippen LogP contribution in [-0.4, -0.2) is 34.7 Å². The van der Waals surface area contributed by atoms with Crippen LogP contribution in [0.15, 0.2) is 59.5 Å². The molecule has 0 saturated heterocycles. The Labute approximate surface area is 182 Å². The van der Waals surface area contributed by atoms with Crippen LogP contribution in [0.2, 0.25) is 0 Å². The number of halogens is 2. The number of rotatable bonds is 1. The van der Waals surface area contributed by atoms with Crippen molar-refractivity contribution >= 4 is 21.7 Å². The van der Waals surface area contributed by atoms with Crippen molar-refractivity contribution in [2.45, 2.75) is 4.90 Å². The molecule has 4 bridgehead atoms. The van der Waals surface area contributed by atoms with E-state index in [9.17, 15) is 22.0 Å². The number of hydrogen-bond acceptors (Lipinski definition) is 6. The standard InChI is InChI=1S/C22H17F2NO6S/c1-29-14-8-13-9-15(10-14)32(27,28)25-20-11-17(18(23)12-19(20)24)16-4-2-3-5-21(16)30-6-7-31-22(13)26/h2-5,8-12,25H,6-7H2,1H3. The summed E-state index contributed by atoms with van der Waals surface area (Å²) in [5.74, 6) is -2.49. The first-order chi connectivity index (χ1) is 15.3. The van der Waals surface area contributed by atoms with Crippen molar-refractivity contribution in [1.29, 1.82) is 0 Å². The van der Waals surface area contributed by atoms with Crippen molar-refractivity contribution in [2.24, 2.45) is 0 Å². The third-order valence-electron chi connectivity index (χ3n) is 4.71. The molecule has 0 fully saturated rings. The highest BCUT2D eigenvalue weighted by atomic mass is 32.2. The number of methoxy groups -OCH3 is 1. The minimum Gasteiger partial charge on any atom is -0.497 e. The maximum absolute atomic E-state index is 14.6. The van der Waals surface area contributed by atoms with Gasteiger partial charge >= 0.3 is 5.97 Å². The number of anilines is 1. The molecule has 0 unspecified atom stereocenters. The maximum Gasteiger partial charge on any atom is 0.338 e. The van der Waals surface area contributed by atoms with Crippen LogP contribution in [0.4, 0.5) is 14.5 Å². The van der Waals surface area contributed by atoms with E-state index in [4.69, 9.17) is 14.2 Å². The number of benzene rings is 3. The van der Waals surface area contributed by atoms with Crippen LogP contribution < -0.4 is 14.2 Å².